The van der Waals surface area contributed by atoms with Crippen LogP contribution in [0.3, 0.4) is 0 Å². The van der Waals surface area contributed by atoms with E-state index in [4.69, 9.17) is 5.73 Å². The van der Waals surface area contributed by atoms with Crippen molar-refractivity contribution in [3.63, 3.8) is 0 Å². The van der Waals surface area contributed by atoms with Gasteiger partial charge in [0.1, 0.15) is 0 Å². The van der Waals surface area contributed by atoms with Crippen molar-refractivity contribution in [1.82, 2.24) is 5.32 Å². The number of hydrogen-bond acceptors (Lipinski definition) is 3. The van der Waals surface area contributed by atoms with E-state index < -0.39 is 0 Å². The molecule has 2 aliphatic carbocycles. The maximum atomic E-state index is 12.5. The third-order valence-corrected chi connectivity index (χ3v) is 5.93. The molecule has 4 rings (SSSR count). The molecule has 0 spiro atoms. The van der Waals surface area contributed by atoms with Crippen LogP contribution in [-0.4, -0.2) is 18.5 Å². The summed E-state index contributed by atoms with van der Waals surface area (Å²) in [7, 11) is 0. The summed E-state index contributed by atoms with van der Waals surface area (Å²) in [5.74, 6) is 0.628. The first-order valence-corrected chi connectivity index (χ1v) is 8.80. The second kappa shape index (κ2) is 5.52. The van der Waals surface area contributed by atoms with Gasteiger partial charge >= 0.3 is 0 Å². The molecule has 2 aliphatic rings. The number of thiophene rings is 1. The predicted octanol–water partition coefficient (Wildman–Crippen LogP) is 2.98. The Balaban J connectivity index is 1.60. The van der Waals surface area contributed by atoms with Crippen LogP contribution in [0.25, 0.3) is 10.4 Å². The summed E-state index contributed by atoms with van der Waals surface area (Å²) in [5, 5.41) is 3.12. The molecular weight excluding hydrogens is 292 g/mol. The summed E-state index contributed by atoms with van der Waals surface area (Å²) < 4.78 is 0. The van der Waals surface area contributed by atoms with Crippen molar-refractivity contribution in [3.05, 3.63) is 46.3 Å². The van der Waals surface area contributed by atoms with Crippen molar-refractivity contribution < 1.29 is 4.79 Å². The quantitative estimate of drug-likeness (QED) is 0.912. The number of nitrogens with one attached hydrogen (secondary N) is 1. The Kier molecular flexibility index (Phi) is 3.51. The lowest BCUT2D eigenvalue weighted by molar-refractivity contribution is 0.0937. The molecule has 0 bridgehead atoms. The fourth-order valence-corrected chi connectivity index (χ4v) is 4.46. The van der Waals surface area contributed by atoms with E-state index in [0.29, 0.717) is 12.5 Å². The van der Waals surface area contributed by atoms with Gasteiger partial charge in [0.15, 0.2) is 0 Å². The summed E-state index contributed by atoms with van der Waals surface area (Å²) in [4.78, 5) is 14.6. The highest BCUT2D eigenvalue weighted by Crippen LogP contribution is 2.39. The Bertz CT molecular complexity index is 718. The number of amides is 1. The Morgan fingerprint density at radius 1 is 1.27 bits per heavy atom. The minimum Gasteiger partial charge on any atom is -0.347 e. The number of rotatable bonds is 4. The number of hydrogen-bond donors (Lipinski definition) is 2. The van der Waals surface area contributed by atoms with Crippen LogP contribution in [0.4, 0.5) is 0 Å². The smallest absolute Gasteiger partial charge is 0.261 e. The lowest BCUT2D eigenvalue weighted by atomic mass is 9.91. The lowest BCUT2D eigenvalue weighted by Gasteiger charge is -2.15. The molecule has 2 aromatic rings. The van der Waals surface area contributed by atoms with Crippen molar-refractivity contribution in [2.75, 3.05) is 6.54 Å². The first-order chi connectivity index (χ1) is 10.8. The molecule has 1 atom stereocenters. The Labute approximate surface area is 134 Å². The van der Waals surface area contributed by atoms with E-state index in [1.807, 2.05) is 0 Å². The van der Waals surface area contributed by atoms with Gasteiger partial charge in [0.05, 0.1) is 4.88 Å². The maximum Gasteiger partial charge on any atom is 0.261 e. The third-order valence-electron chi connectivity index (χ3n) is 4.72. The molecule has 1 unspecified atom stereocenters. The van der Waals surface area contributed by atoms with Gasteiger partial charge < -0.3 is 11.1 Å². The second-order valence-corrected chi connectivity index (χ2v) is 7.33. The van der Waals surface area contributed by atoms with Crippen LogP contribution in [0.2, 0.25) is 0 Å². The highest BCUT2D eigenvalue weighted by molar-refractivity contribution is 7.17. The number of aryl methyl sites for hydroxylation is 2. The molecule has 3 N–H and O–H groups in total. The molecule has 0 radical (unpaired) electrons. The number of carbonyl (C=O) groups excluding carboxylic acids is 1. The third kappa shape index (κ3) is 2.46. The number of carbonyl (C=O) groups is 1. The number of fused-ring (bicyclic) bond motifs is 3. The minimum atomic E-state index is 0.0410. The van der Waals surface area contributed by atoms with Crippen molar-refractivity contribution in [3.8, 4) is 10.4 Å². The average molecular weight is 312 g/mol. The molecule has 0 aliphatic heterocycles. The largest absolute Gasteiger partial charge is 0.347 e. The SMILES string of the molecule is NCC(NC(=O)c1cc2c(s1)-c1ccccc1CC2)C1CC1. The van der Waals surface area contributed by atoms with Crippen LogP contribution in [-0.2, 0) is 12.8 Å². The van der Waals surface area contributed by atoms with Crippen molar-refractivity contribution in [1.29, 1.82) is 0 Å². The van der Waals surface area contributed by atoms with E-state index in [2.05, 4.69) is 35.6 Å². The normalized spacial score (nSPS) is 17.5. The van der Waals surface area contributed by atoms with Gasteiger partial charge in [-0.25, -0.2) is 0 Å². The van der Waals surface area contributed by atoms with E-state index in [1.165, 1.54) is 34.4 Å². The van der Waals surface area contributed by atoms with Crippen LogP contribution in [0.1, 0.15) is 33.6 Å². The van der Waals surface area contributed by atoms with Gasteiger partial charge in [0, 0.05) is 17.5 Å². The summed E-state index contributed by atoms with van der Waals surface area (Å²) in [6.07, 6.45) is 4.47. The molecule has 1 amide bonds. The van der Waals surface area contributed by atoms with Gasteiger partial charge in [0.2, 0.25) is 0 Å². The zero-order valence-corrected chi connectivity index (χ0v) is 13.3. The Hall–Kier alpha value is -1.65. The highest BCUT2D eigenvalue weighted by Gasteiger charge is 2.32. The monoisotopic (exact) mass is 312 g/mol. The van der Waals surface area contributed by atoms with Crippen LogP contribution in [0.15, 0.2) is 30.3 Å². The van der Waals surface area contributed by atoms with Gasteiger partial charge in [-0.15, -0.1) is 11.3 Å². The summed E-state index contributed by atoms with van der Waals surface area (Å²) in [6, 6.07) is 10.7. The number of benzene rings is 1. The molecule has 4 heteroatoms. The molecule has 114 valence electrons. The topological polar surface area (TPSA) is 55.1 Å². The van der Waals surface area contributed by atoms with Crippen LogP contribution in [0.5, 0.6) is 0 Å². The molecule has 3 nitrogen and oxygen atoms in total. The van der Waals surface area contributed by atoms with E-state index in [9.17, 15) is 4.79 Å². The van der Waals surface area contributed by atoms with Gasteiger partial charge in [-0.3, -0.25) is 4.79 Å². The van der Waals surface area contributed by atoms with Gasteiger partial charge in [-0.1, -0.05) is 24.3 Å². The molecule has 1 heterocycles. The second-order valence-electron chi connectivity index (χ2n) is 6.28. The Morgan fingerprint density at radius 3 is 2.82 bits per heavy atom. The van der Waals surface area contributed by atoms with Crippen LogP contribution in [0, 0.1) is 5.92 Å². The van der Waals surface area contributed by atoms with Gasteiger partial charge in [0.25, 0.3) is 5.91 Å². The average Bonchev–Trinajstić information content (AvgIpc) is 3.29. The molecular formula is C18H20N2OS. The highest BCUT2D eigenvalue weighted by atomic mass is 32.1. The first kappa shape index (κ1) is 14.0. The summed E-state index contributed by atoms with van der Waals surface area (Å²) in [5.41, 5.74) is 9.79. The van der Waals surface area contributed by atoms with Crippen molar-refractivity contribution in [2.45, 2.75) is 31.7 Å². The van der Waals surface area contributed by atoms with E-state index >= 15 is 0 Å². The maximum absolute atomic E-state index is 12.5. The van der Waals surface area contributed by atoms with E-state index in [1.54, 1.807) is 11.3 Å². The Morgan fingerprint density at radius 2 is 2.05 bits per heavy atom. The van der Waals surface area contributed by atoms with Crippen LogP contribution < -0.4 is 11.1 Å². The standard InChI is InChI=1S/C18H20N2OS/c19-10-15(12-6-7-12)20-18(21)16-9-13-8-5-11-3-1-2-4-14(11)17(13)22-16/h1-4,9,12,15H,5-8,10,19H2,(H,20,21). The predicted molar refractivity (Wildman–Crippen MR) is 90.2 cm³/mol. The summed E-state index contributed by atoms with van der Waals surface area (Å²) >= 11 is 1.62. The number of nitrogens with two attached hydrogens (primary N) is 1. The van der Waals surface area contributed by atoms with E-state index in [-0.39, 0.29) is 11.9 Å². The minimum absolute atomic E-state index is 0.0410. The molecule has 0 saturated heterocycles. The van der Waals surface area contributed by atoms with E-state index in [0.717, 1.165) is 17.7 Å². The fraction of sp³-hybridized carbons (Fsp3) is 0.389. The molecule has 1 fully saturated rings. The zero-order chi connectivity index (χ0) is 15.1. The lowest BCUT2D eigenvalue weighted by Crippen LogP contribution is -2.41. The van der Waals surface area contributed by atoms with Gasteiger partial charge in [-0.05, 0) is 54.4 Å². The van der Waals surface area contributed by atoms with Gasteiger partial charge in [-0.2, -0.15) is 0 Å². The van der Waals surface area contributed by atoms with Crippen molar-refractivity contribution in [2.24, 2.45) is 11.7 Å². The summed E-state index contributed by atoms with van der Waals surface area (Å²) in [6.45, 7) is 0.532. The molecule has 1 aromatic carbocycles. The zero-order valence-electron chi connectivity index (χ0n) is 12.5. The molecule has 22 heavy (non-hydrogen) atoms. The van der Waals surface area contributed by atoms with Crippen molar-refractivity contribution >= 4 is 17.2 Å². The van der Waals surface area contributed by atoms with Crippen LogP contribution >= 0.6 is 11.3 Å². The fourth-order valence-electron chi connectivity index (χ4n) is 3.29. The first-order valence-electron chi connectivity index (χ1n) is 7.98. The molecule has 1 aromatic heterocycles. The molecule has 1 saturated carbocycles.